The van der Waals surface area contributed by atoms with Crippen LogP contribution >= 0.6 is 23.5 Å². The quantitative estimate of drug-likeness (QED) is 0.157. The van der Waals surface area contributed by atoms with Gasteiger partial charge in [0, 0.05) is 18.6 Å². The summed E-state index contributed by atoms with van der Waals surface area (Å²) in [6.45, 7) is 0.199. The van der Waals surface area contributed by atoms with Crippen molar-refractivity contribution < 1.29 is 61.4 Å². The molecule has 4 rings (SSSR count). The van der Waals surface area contributed by atoms with E-state index < -0.39 is 54.1 Å². The summed E-state index contributed by atoms with van der Waals surface area (Å²) in [6, 6.07) is 1.59. The highest BCUT2D eigenvalue weighted by atomic mass is 31.3. The Hall–Kier alpha value is -2.21. The molecule has 0 spiro atoms. The first-order valence-corrected chi connectivity index (χ1v) is 14.8. The Morgan fingerprint density at radius 3 is 2.37 bits per heavy atom. The van der Waals surface area contributed by atoms with Crippen molar-refractivity contribution in [2.24, 2.45) is 0 Å². The van der Waals surface area contributed by atoms with Gasteiger partial charge in [0.1, 0.15) is 35.6 Å². The molecule has 22 heteroatoms. The minimum Gasteiger partial charge on any atom is -0.387 e. The molecule has 0 bridgehead atoms. The van der Waals surface area contributed by atoms with Crippen molar-refractivity contribution in [2.75, 3.05) is 12.3 Å². The number of rotatable bonds is 9. The fourth-order valence-electron chi connectivity index (χ4n) is 3.74. The van der Waals surface area contributed by atoms with Crippen LogP contribution in [0, 0.1) is 0 Å². The Bertz CT molecular complexity index is 1480. The summed E-state index contributed by atoms with van der Waals surface area (Å²) in [7, 11) is -16.8. The molecule has 0 saturated carbocycles. The molecule has 1 fully saturated rings. The number of nitrogens with two attached hydrogens (primary N) is 1. The van der Waals surface area contributed by atoms with Crippen LogP contribution in [0.25, 0.3) is 22.4 Å². The number of aliphatic hydroxyl groups is 2. The number of phosphoric ester groups is 1. The van der Waals surface area contributed by atoms with Gasteiger partial charge in [-0.15, -0.1) is 0 Å². The lowest BCUT2D eigenvalue weighted by Gasteiger charge is -2.27. The first kappa shape index (κ1) is 28.8. The summed E-state index contributed by atoms with van der Waals surface area (Å²) in [5, 5.41) is 22.1. The average molecular weight is 598 g/mol. The summed E-state index contributed by atoms with van der Waals surface area (Å²) in [6.07, 6.45) is 0.854. The smallest absolute Gasteiger partial charge is 0.387 e. The van der Waals surface area contributed by atoms with E-state index in [9.17, 15) is 33.7 Å². The van der Waals surface area contributed by atoms with Gasteiger partial charge in [0.05, 0.1) is 17.6 Å². The molecule has 6 atom stereocenters. The van der Waals surface area contributed by atoms with E-state index in [0.29, 0.717) is 10.9 Å². The van der Waals surface area contributed by atoms with E-state index in [1.165, 1.54) is 30.1 Å². The lowest BCUT2D eigenvalue weighted by molar-refractivity contribution is -0.0946. The van der Waals surface area contributed by atoms with E-state index >= 15 is 0 Å². The van der Waals surface area contributed by atoms with Gasteiger partial charge in [0.25, 0.3) is 0 Å². The summed E-state index contributed by atoms with van der Waals surface area (Å²) in [5.74, 6) is 0.291. The fraction of sp³-hybridized carbons (Fsp3) is 0.375. The number of ether oxygens (including phenoxy) is 1. The lowest BCUT2D eigenvalue weighted by atomic mass is 9.96. The third-order valence-electron chi connectivity index (χ3n) is 5.27. The van der Waals surface area contributed by atoms with Crippen molar-refractivity contribution >= 4 is 40.3 Å². The van der Waals surface area contributed by atoms with E-state index in [1.54, 1.807) is 6.07 Å². The van der Waals surface area contributed by atoms with Gasteiger partial charge in [-0.1, -0.05) is 0 Å². The van der Waals surface area contributed by atoms with Gasteiger partial charge in [-0.25, -0.2) is 33.6 Å². The Labute approximate surface area is 212 Å². The monoisotopic (exact) mass is 598 g/mol. The average Bonchev–Trinajstić information content (AvgIpc) is 3.27. The molecular weight excluding hydrogens is 577 g/mol. The number of hydrogen-bond donors (Lipinski definition) is 7. The van der Waals surface area contributed by atoms with Crippen LogP contribution in [0.3, 0.4) is 0 Å². The van der Waals surface area contributed by atoms with Gasteiger partial charge < -0.3 is 44.8 Å². The predicted octanol–water partition coefficient (Wildman–Crippen LogP) is -0.177. The largest absolute Gasteiger partial charge is 0.490 e. The third-order valence-corrected chi connectivity index (χ3v) is 9.07. The lowest BCUT2D eigenvalue weighted by Crippen LogP contribution is -2.44. The topological polar surface area (TPSA) is 292 Å². The van der Waals surface area contributed by atoms with E-state index in [2.05, 4.69) is 33.1 Å². The van der Waals surface area contributed by atoms with E-state index in [1.807, 2.05) is 0 Å². The number of aliphatic hydroxyl groups excluding tert-OH is 1. The second kappa shape index (κ2) is 10.1. The summed E-state index contributed by atoms with van der Waals surface area (Å²) in [4.78, 5) is 52.7. The zero-order valence-electron chi connectivity index (χ0n) is 19.0. The molecule has 208 valence electrons. The number of nitrogen functional groups attached to an aromatic ring is 1. The first-order valence-electron chi connectivity index (χ1n) is 10.2. The SMILES string of the molecule is C[C@@]1(O)[C@H](O)C(COP(=O)(O)OP(=O)(O)OP(=O)(O)O)O[C@H]1n1cc(-c2ncccn2)c2c(N)ncnc21. The van der Waals surface area contributed by atoms with Crippen LogP contribution in [-0.4, -0.2) is 78.7 Å². The van der Waals surface area contributed by atoms with Gasteiger partial charge in [-0.2, -0.15) is 8.62 Å². The summed E-state index contributed by atoms with van der Waals surface area (Å²) < 4.78 is 53.2. The molecule has 38 heavy (non-hydrogen) atoms. The second-order valence-electron chi connectivity index (χ2n) is 8.06. The summed E-state index contributed by atoms with van der Waals surface area (Å²) in [5.41, 5.74) is 4.49. The van der Waals surface area contributed by atoms with E-state index in [-0.39, 0.29) is 17.3 Å². The predicted molar refractivity (Wildman–Crippen MR) is 123 cm³/mol. The van der Waals surface area contributed by atoms with Gasteiger partial charge in [0.15, 0.2) is 12.1 Å². The number of aromatic nitrogens is 5. The Kier molecular flexibility index (Phi) is 7.63. The highest BCUT2D eigenvalue weighted by Crippen LogP contribution is 2.66. The molecule has 1 saturated heterocycles. The van der Waals surface area contributed by atoms with Crippen molar-refractivity contribution in [3.63, 3.8) is 0 Å². The van der Waals surface area contributed by atoms with Gasteiger partial charge in [0.2, 0.25) is 0 Å². The van der Waals surface area contributed by atoms with Gasteiger partial charge in [-0.3, -0.25) is 4.52 Å². The zero-order chi connectivity index (χ0) is 28.1. The van der Waals surface area contributed by atoms with Crippen molar-refractivity contribution in [3.05, 3.63) is 31.0 Å². The van der Waals surface area contributed by atoms with Gasteiger partial charge >= 0.3 is 23.5 Å². The number of hydrogen-bond acceptors (Lipinski definition) is 14. The standard InChI is InChI=1S/C16H21N6O13P3/c1-16(24)11(23)9(6-32-37(28,29)35-38(30,31)34-36(25,26)27)33-15(16)22-5-8(13-18-3-2-4-19-13)10-12(17)20-7-21-14(10)22/h2-5,7,9,11,15,23-24H,6H2,1H3,(H,28,29)(H,30,31)(H2,17,20,21)(H2,25,26,27)/t9?,11-,15-,16-/m1/s1. The Morgan fingerprint density at radius 1 is 1.08 bits per heavy atom. The minimum atomic E-state index is -5.75. The molecule has 3 unspecified atom stereocenters. The summed E-state index contributed by atoms with van der Waals surface area (Å²) >= 11 is 0. The molecule has 3 aromatic heterocycles. The molecule has 0 aliphatic carbocycles. The van der Waals surface area contributed by atoms with Crippen molar-refractivity contribution in [2.45, 2.75) is 31.0 Å². The molecule has 1 aliphatic heterocycles. The first-order chi connectivity index (χ1) is 17.5. The molecule has 4 heterocycles. The maximum absolute atomic E-state index is 12.1. The van der Waals surface area contributed by atoms with Crippen LogP contribution in [0.2, 0.25) is 0 Å². The molecule has 19 nitrogen and oxygen atoms in total. The van der Waals surface area contributed by atoms with Gasteiger partial charge in [-0.05, 0) is 13.0 Å². The van der Waals surface area contributed by atoms with Crippen LogP contribution in [0.1, 0.15) is 13.2 Å². The van der Waals surface area contributed by atoms with Crippen LogP contribution < -0.4 is 5.73 Å². The molecule has 1 aliphatic rings. The highest BCUT2D eigenvalue weighted by Gasteiger charge is 2.54. The number of phosphoric acid groups is 3. The third kappa shape index (κ3) is 6.00. The van der Waals surface area contributed by atoms with Crippen molar-refractivity contribution in [1.82, 2.24) is 24.5 Å². The minimum absolute atomic E-state index is 0.0543. The molecule has 8 N–H and O–H groups in total. The second-order valence-corrected chi connectivity index (χ2v) is 12.5. The normalized spacial score (nSPS) is 27.3. The van der Waals surface area contributed by atoms with E-state index in [0.717, 1.165) is 6.33 Å². The molecule has 0 radical (unpaired) electrons. The Morgan fingerprint density at radius 2 is 1.74 bits per heavy atom. The molecular formula is C16H21N6O13P3. The van der Waals surface area contributed by atoms with Crippen LogP contribution in [0.15, 0.2) is 31.0 Å². The Balaban J connectivity index is 1.60. The number of anilines is 1. The molecule has 0 amide bonds. The van der Waals surface area contributed by atoms with Crippen molar-refractivity contribution in [3.8, 4) is 11.4 Å². The maximum atomic E-state index is 12.1. The van der Waals surface area contributed by atoms with E-state index in [4.69, 9.17) is 20.3 Å². The fourth-order valence-corrected chi connectivity index (χ4v) is 6.77. The highest BCUT2D eigenvalue weighted by molar-refractivity contribution is 7.66. The zero-order valence-corrected chi connectivity index (χ0v) is 21.7. The molecule has 0 aromatic carbocycles. The van der Waals surface area contributed by atoms with Crippen LogP contribution in [0.5, 0.6) is 0 Å². The van der Waals surface area contributed by atoms with Crippen LogP contribution in [0.4, 0.5) is 5.82 Å². The number of nitrogens with zero attached hydrogens (tertiary/aromatic N) is 5. The maximum Gasteiger partial charge on any atom is 0.490 e. The van der Waals surface area contributed by atoms with Crippen LogP contribution in [-0.2, 0) is 31.6 Å². The molecule has 3 aromatic rings. The van der Waals surface area contributed by atoms with Crippen molar-refractivity contribution in [1.29, 1.82) is 0 Å². The number of fused-ring (bicyclic) bond motifs is 1.